The van der Waals surface area contributed by atoms with Crippen LogP contribution in [0.15, 0.2) is 47.6 Å². The molecule has 1 N–H and O–H groups in total. The molecule has 3 aromatic rings. The van der Waals surface area contributed by atoms with Gasteiger partial charge >= 0.3 is 0 Å². The van der Waals surface area contributed by atoms with Gasteiger partial charge in [-0.05, 0) is 24.3 Å². The fraction of sp³-hybridized carbons (Fsp3) is 0.0667. The summed E-state index contributed by atoms with van der Waals surface area (Å²) in [6.45, 7) is -0.0274. The van der Waals surface area contributed by atoms with Crippen LogP contribution in [-0.2, 0) is 11.3 Å². The molecule has 0 atom stereocenters. The Bertz CT molecular complexity index is 857. The molecule has 0 saturated heterocycles. The lowest BCUT2D eigenvalue weighted by molar-refractivity contribution is -0.122. The van der Waals surface area contributed by atoms with Gasteiger partial charge in [0.05, 0.1) is 11.2 Å². The predicted molar refractivity (Wildman–Crippen MR) is 89.7 cm³/mol. The van der Waals surface area contributed by atoms with Gasteiger partial charge in [-0.15, -0.1) is 0 Å². The van der Waals surface area contributed by atoms with Crippen molar-refractivity contribution >= 4 is 46.4 Å². The number of halogens is 2. The number of nitrogens with zero attached hydrogens (tertiary/aromatic N) is 4. The molecule has 0 unspecified atom stereocenters. The second-order valence-corrected chi connectivity index (χ2v) is 5.52. The summed E-state index contributed by atoms with van der Waals surface area (Å²) in [5.41, 5.74) is 4.52. The van der Waals surface area contributed by atoms with Gasteiger partial charge in [0.15, 0.2) is 0 Å². The SMILES string of the molecule is O=C(Cn1nc2ccccc2n1)N/N=C/c1ccc(Cl)cc1Cl. The normalized spacial score (nSPS) is 11.2. The summed E-state index contributed by atoms with van der Waals surface area (Å²) in [7, 11) is 0. The summed E-state index contributed by atoms with van der Waals surface area (Å²) in [5, 5.41) is 13.3. The molecular weight excluding hydrogens is 337 g/mol. The molecule has 1 amide bonds. The lowest BCUT2D eigenvalue weighted by Crippen LogP contribution is -2.24. The number of hydrogen-bond acceptors (Lipinski definition) is 4. The largest absolute Gasteiger partial charge is 0.271 e. The van der Waals surface area contributed by atoms with Gasteiger partial charge in [0.25, 0.3) is 5.91 Å². The van der Waals surface area contributed by atoms with E-state index < -0.39 is 0 Å². The van der Waals surface area contributed by atoms with Gasteiger partial charge in [0.2, 0.25) is 0 Å². The molecule has 0 aliphatic carbocycles. The highest BCUT2D eigenvalue weighted by Crippen LogP contribution is 2.19. The van der Waals surface area contributed by atoms with Crippen LogP contribution >= 0.6 is 23.2 Å². The molecule has 1 aromatic heterocycles. The summed E-state index contributed by atoms with van der Waals surface area (Å²) in [6, 6.07) is 12.4. The minimum atomic E-state index is -0.341. The van der Waals surface area contributed by atoms with E-state index in [0.29, 0.717) is 15.6 Å². The maximum atomic E-state index is 11.8. The van der Waals surface area contributed by atoms with Crippen LogP contribution in [0.3, 0.4) is 0 Å². The van der Waals surface area contributed by atoms with E-state index in [1.54, 1.807) is 18.2 Å². The third kappa shape index (κ3) is 3.85. The van der Waals surface area contributed by atoms with Crippen molar-refractivity contribution in [3.63, 3.8) is 0 Å². The molecule has 2 aromatic carbocycles. The highest BCUT2D eigenvalue weighted by molar-refractivity contribution is 6.36. The summed E-state index contributed by atoms with van der Waals surface area (Å²) in [4.78, 5) is 13.2. The van der Waals surface area contributed by atoms with Crippen LogP contribution in [-0.4, -0.2) is 27.1 Å². The first kappa shape index (κ1) is 15.5. The standard InChI is InChI=1S/C15H11Cl2N5O/c16-11-6-5-10(12(17)7-11)8-18-19-15(23)9-22-20-13-3-1-2-4-14(13)21-22/h1-8H,9H2,(H,19,23)/b18-8+. The van der Waals surface area contributed by atoms with E-state index >= 15 is 0 Å². The van der Waals surface area contributed by atoms with Crippen LogP contribution in [0.1, 0.15) is 5.56 Å². The number of benzene rings is 2. The zero-order valence-electron chi connectivity index (χ0n) is 11.8. The predicted octanol–water partition coefficient (Wildman–Crippen LogP) is 2.89. The zero-order chi connectivity index (χ0) is 16.2. The van der Waals surface area contributed by atoms with Gasteiger partial charge in [-0.25, -0.2) is 5.43 Å². The Labute approximate surface area is 141 Å². The molecule has 1 heterocycles. The van der Waals surface area contributed by atoms with Crippen LogP contribution in [0.2, 0.25) is 10.0 Å². The molecule has 23 heavy (non-hydrogen) atoms. The Morgan fingerprint density at radius 2 is 1.87 bits per heavy atom. The summed E-state index contributed by atoms with van der Waals surface area (Å²) >= 11 is 11.8. The number of hydrogen-bond donors (Lipinski definition) is 1. The van der Waals surface area contributed by atoms with Crippen molar-refractivity contribution in [1.82, 2.24) is 20.4 Å². The number of fused-ring (bicyclic) bond motifs is 1. The Kier molecular flexibility index (Phi) is 4.55. The molecular formula is C15H11Cl2N5O. The highest BCUT2D eigenvalue weighted by atomic mass is 35.5. The molecule has 0 aliphatic rings. The number of hydrazone groups is 1. The van der Waals surface area contributed by atoms with Crippen LogP contribution < -0.4 is 5.43 Å². The van der Waals surface area contributed by atoms with Crippen molar-refractivity contribution in [3.8, 4) is 0 Å². The number of rotatable bonds is 4. The fourth-order valence-corrected chi connectivity index (χ4v) is 2.38. The average Bonchev–Trinajstić information content (AvgIpc) is 2.91. The van der Waals surface area contributed by atoms with E-state index in [4.69, 9.17) is 23.2 Å². The molecule has 0 fully saturated rings. The highest BCUT2D eigenvalue weighted by Gasteiger charge is 2.06. The Hall–Kier alpha value is -2.44. The number of carbonyl (C=O) groups excluding carboxylic acids is 1. The van der Waals surface area contributed by atoms with Crippen molar-refractivity contribution < 1.29 is 4.79 Å². The molecule has 0 radical (unpaired) electrons. The first-order valence-electron chi connectivity index (χ1n) is 6.68. The molecule has 0 bridgehead atoms. The molecule has 6 nitrogen and oxygen atoms in total. The summed E-state index contributed by atoms with van der Waals surface area (Å²) < 4.78 is 0. The van der Waals surface area contributed by atoms with Crippen LogP contribution in [0, 0.1) is 0 Å². The number of amides is 1. The Morgan fingerprint density at radius 3 is 2.52 bits per heavy atom. The Morgan fingerprint density at radius 1 is 1.17 bits per heavy atom. The second-order valence-electron chi connectivity index (χ2n) is 4.68. The molecule has 0 spiro atoms. The van der Waals surface area contributed by atoms with E-state index in [1.165, 1.54) is 11.0 Å². The van der Waals surface area contributed by atoms with Gasteiger partial charge in [-0.2, -0.15) is 20.1 Å². The minimum absolute atomic E-state index is 0.0274. The number of carbonyl (C=O) groups is 1. The third-order valence-corrected chi connectivity index (χ3v) is 3.53. The van der Waals surface area contributed by atoms with Gasteiger partial charge in [-0.3, -0.25) is 4.79 Å². The lowest BCUT2D eigenvalue weighted by atomic mass is 10.2. The van der Waals surface area contributed by atoms with E-state index in [2.05, 4.69) is 20.7 Å². The first-order valence-corrected chi connectivity index (χ1v) is 7.44. The maximum absolute atomic E-state index is 11.8. The minimum Gasteiger partial charge on any atom is -0.271 e. The molecule has 116 valence electrons. The van der Waals surface area contributed by atoms with Crippen molar-refractivity contribution in [2.45, 2.75) is 6.54 Å². The van der Waals surface area contributed by atoms with Gasteiger partial charge in [0, 0.05) is 10.6 Å². The second kappa shape index (κ2) is 6.76. The van der Waals surface area contributed by atoms with E-state index in [1.807, 2.05) is 24.3 Å². The van der Waals surface area contributed by atoms with Crippen molar-refractivity contribution in [3.05, 3.63) is 58.1 Å². The van der Waals surface area contributed by atoms with Crippen LogP contribution in [0.25, 0.3) is 11.0 Å². The summed E-state index contributed by atoms with van der Waals surface area (Å²) in [5.74, 6) is -0.341. The molecule has 8 heteroatoms. The van der Waals surface area contributed by atoms with Gasteiger partial charge in [-0.1, -0.05) is 41.4 Å². The lowest BCUT2D eigenvalue weighted by Gasteiger charge is -2.00. The average molecular weight is 348 g/mol. The Balaban J connectivity index is 1.61. The monoisotopic (exact) mass is 347 g/mol. The maximum Gasteiger partial charge on any atom is 0.263 e. The number of nitrogens with one attached hydrogen (secondary N) is 1. The van der Waals surface area contributed by atoms with Crippen LogP contribution in [0.4, 0.5) is 0 Å². The molecule has 0 saturated carbocycles. The molecule has 3 rings (SSSR count). The van der Waals surface area contributed by atoms with Gasteiger partial charge in [0.1, 0.15) is 17.6 Å². The zero-order valence-corrected chi connectivity index (χ0v) is 13.3. The fourth-order valence-electron chi connectivity index (χ4n) is 1.92. The third-order valence-electron chi connectivity index (χ3n) is 2.97. The topological polar surface area (TPSA) is 72.2 Å². The molecule has 0 aliphatic heterocycles. The summed E-state index contributed by atoms with van der Waals surface area (Å²) in [6.07, 6.45) is 1.45. The van der Waals surface area contributed by atoms with Crippen LogP contribution in [0.5, 0.6) is 0 Å². The smallest absolute Gasteiger partial charge is 0.263 e. The van der Waals surface area contributed by atoms with E-state index in [9.17, 15) is 4.79 Å². The number of aromatic nitrogens is 3. The first-order chi connectivity index (χ1) is 11.1. The van der Waals surface area contributed by atoms with Crippen molar-refractivity contribution in [2.75, 3.05) is 0 Å². The van der Waals surface area contributed by atoms with E-state index in [-0.39, 0.29) is 12.5 Å². The van der Waals surface area contributed by atoms with Crippen molar-refractivity contribution in [2.24, 2.45) is 5.10 Å². The van der Waals surface area contributed by atoms with Crippen molar-refractivity contribution in [1.29, 1.82) is 0 Å². The quantitative estimate of drug-likeness (QED) is 0.582. The van der Waals surface area contributed by atoms with E-state index in [0.717, 1.165) is 11.0 Å². The van der Waals surface area contributed by atoms with Gasteiger partial charge < -0.3 is 0 Å².